The first-order chi connectivity index (χ1) is 15.6. The van der Waals surface area contributed by atoms with Gasteiger partial charge < -0.3 is 14.8 Å². The molecule has 2 aromatic heterocycles. The molecule has 0 bridgehead atoms. The van der Waals surface area contributed by atoms with Crippen LogP contribution in [0.1, 0.15) is 43.1 Å². The smallest absolute Gasteiger partial charge is 0.346 e. The van der Waals surface area contributed by atoms with Crippen LogP contribution in [0.5, 0.6) is 11.5 Å². The molecule has 0 radical (unpaired) electrons. The van der Waals surface area contributed by atoms with Crippen LogP contribution in [0.3, 0.4) is 0 Å². The van der Waals surface area contributed by atoms with Crippen LogP contribution in [0.15, 0.2) is 47.5 Å². The summed E-state index contributed by atoms with van der Waals surface area (Å²) in [4.78, 5) is 29.7. The number of hydrogen-bond acceptors (Lipinski definition) is 6. The van der Waals surface area contributed by atoms with Crippen molar-refractivity contribution in [2.75, 3.05) is 19.8 Å². The number of carbonyl (C=O) groups excluding carboxylic acids is 1. The van der Waals surface area contributed by atoms with Gasteiger partial charge in [-0.2, -0.15) is 0 Å². The fourth-order valence-electron chi connectivity index (χ4n) is 3.49. The van der Waals surface area contributed by atoms with Crippen molar-refractivity contribution in [1.82, 2.24) is 24.6 Å². The van der Waals surface area contributed by atoms with Gasteiger partial charge in [0.1, 0.15) is 0 Å². The van der Waals surface area contributed by atoms with Crippen molar-refractivity contribution >= 4 is 5.91 Å². The van der Waals surface area contributed by atoms with Crippen molar-refractivity contribution in [3.05, 3.63) is 58.8 Å². The van der Waals surface area contributed by atoms with Crippen molar-refractivity contribution in [1.29, 1.82) is 0 Å². The van der Waals surface area contributed by atoms with Crippen molar-refractivity contribution in [2.45, 2.75) is 39.3 Å². The standard InChI is InChI=1S/C23H27N5O4/c1-3-31-19-10-7-16(14-20(19)32-4-2)22(29)25-12-13-27-23(30)28(18-8-9-18)21(26-27)17-6-5-11-24-15-17/h5-7,10-11,14-15,18H,3-4,8-9,12-13H2,1-2H3,(H,25,29). The Balaban J connectivity index is 1.45. The van der Waals surface area contributed by atoms with Crippen molar-refractivity contribution in [3.8, 4) is 22.9 Å². The summed E-state index contributed by atoms with van der Waals surface area (Å²) in [5.74, 6) is 1.49. The minimum Gasteiger partial charge on any atom is -0.490 e. The lowest BCUT2D eigenvalue weighted by molar-refractivity contribution is 0.0951. The lowest BCUT2D eigenvalue weighted by Gasteiger charge is -2.12. The minimum absolute atomic E-state index is 0.166. The number of aromatic nitrogens is 4. The molecule has 0 aliphatic heterocycles. The van der Waals surface area contributed by atoms with Gasteiger partial charge in [0.05, 0.1) is 19.8 Å². The highest BCUT2D eigenvalue weighted by atomic mass is 16.5. The second kappa shape index (κ2) is 9.67. The first-order valence-corrected chi connectivity index (χ1v) is 10.9. The third-order valence-electron chi connectivity index (χ3n) is 5.12. The summed E-state index contributed by atoms with van der Waals surface area (Å²) >= 11 is 0. The summed E-state index contributed by atoms with van der Waals surface area (Å²) in [7, 11) is 0. The molecule has 0 saturated heterocycles. The zero-order valence-corrected chi connectivity index (χ0v) is 18.3. The van der Waals surface area contributed by atoms with Gasteiger partial charge in [0.2, 0.25) is 0 Å². The predicted molar refractivity (Wildman–Crippen MR) is 119 cm³/mol. The van der Waals surface area contributed by atoms with Crippen LogP contribution in [0.4, 0.5) is 0 Å². The van der Waals surface area contributed by atoms with E-state index in [4.69, 9.17) is 9.47 Å². The minimum atomic E-state index is -0.254. The van der Waals surface area contributed by atoms with Crippen molar-refractivity contribution < 1.29 is 14.3 Å². The Hall–Kier alpha value is -3.62. The highest BCUT2D eigenvalue weighted by Crippen LogP contribution is 2.36. The lowest BCUT2D eigenvalue weighted by atomic mass is 10.2. The summed E-state index contributed by atoms with van der Waals surface area (Å²) in [5.41, 5.74) is 1.10. The highest BCUT2D eigenvalue weighted by molar-refractivity contribution is 5.94. The van der Waals surface area contributed by atoms with Gasteiger partial charge in [0.15, 0.2) is 17.3 Å². The summed E-state index contributed by atoms with van der Waals surface area (Å²) in [6, 6.07) is 8.98. The number of pyridine rings is 1. The van der Waals surface area contributed by atoms with Crippen LogP contribution < -0.4 is 20.5 Å². The van der Waals surface area contributed by atoms with Crippen LogP contribution >= 0.6 is 0 Å². The van der Waals surface area contributed by atoms with E-state index in [1.54, 1.807) is 35.2 Å². The maximum Gasteiger partial charge on any atom is 0.346 e. The average molecular weight is 438 g/mol. The number of nitrogens with zero attached hydrogens (tertiary/aromatic N) is 4. The molecule has 4 rings (SSSR count). The van der Waals surface area contributed by atoms with Crippen molar-refractivity contribution in [2.24, 2.45) is 0 Å². The molecular weight excluding hydrogens is 410 g/mol. The Morgan fingerprint density at radius 2 is 1.94 bits per heavy atom. The van der Waals surface area contributed by atoms with E-state index in [-0.39, 0.29) is 30.7 Å². The van der Waals surface area contributed by atoms with Crippen LogP contribution in [0.25, 0.3) is 11.4 Å². The van der Waals surface area contributed by atoms with Crippen LogP contribution in [-0.4, -0.2) is 45.0 Å². The van der Waals surface area contributed by atoms with Crippen molar-refractivity contribution in [3.63, 3.8) is 0 Å². The molecule has 9 nitrogen and oxygen atoms in total. The second-order valence-electron chi connectivity index (χ2n) is 7.46. The van der Waals surface area contributed by atoms with Gasteiger partial charge in [-0.25, -0.2) is 9.48 Å². The molecule has 1 saturated carbocycles. The molecule has 1 fully saturated rings. The van der Waals surface area contributed by atoms with E-state index in [0.29, 0.717) is 36.1 Å². The number of nitrogens with one attached hydrogen (secondary N) is 1. The quantitative estimate of drug-likeness (QED) is 0.523. The average Bonchev–Trinajstić information content (AvgIpc) is 3.59. The Morgan fingerprint density at radius 1 is 1.16 bits per heavy atom. The maximum absolute atomic E-state index is 12.9. The number of rotatable bonds is 10. The summed E-state index contributed by atoms with van der Waals surface area (Å²) < 4.78 is 14.3. The van der Waals surface area contributed by atoms with E-state index in [2.05, 4.69) is 15.4 Å². The molecule has 1 aromatic carbocycles. The summed E-state index contributed by atoms with van der Waals surface area (Å²) in [6.07, 6.45) is 5.33. The van der Waals surface area contributed by atoms with E-state index in [1.165, 1.54) is 4.68 Å². The maximum atomic E-state index is 12.9. The molecular formula is C23H27N5O4. The van der Waals surface area contributed by atoms with Crippen LogP contribution in [0.2, 0.25) is 0 Å². The zero-order chi connectivity index (χ0) is 22.5. The number of benzene rings is 1. The summed E-state index contributed by atoms with van der Waals surface area (Å²) in [5, 5.41) is 7.37. The number of amides is 1. The molecule has 1 aliphatic rings. The Bertz CT molecular complexity index is 1140. The third kappa shape index (κ3) is 4.66. The first-order valence-electron chi connectivity index (χ1n) is 10.9. The zero-order valence-electron chi connectivity index (χ0n) is 18.3. The Morgan fingerprint density at radius 3 is 2.62 bits per heavy atom. The molecule has 1 amide bonds. The van der Waals surface area contributed by atoms with Gasteiger partial charge in [-0.3, -0.25) is 14.3 Å². The SMILES string of the molecule is CCOc1ccc(C(=O)NCCn2nc(-c3cccnc3)n(C3CC3)c2=O)cc1OCC. The van der Waals surface area contributed by atoms with E-state index < -0.39 is 0 Å². The molecule has 32 heavy (non-hydrogen) atoms. The van der Waals surface area contributed by atoms with E-state index >= 15 is 0 Å². The van der Waals surface area contributed by atoms with Gasteiger partial charge in [0.25, 0.3) is 5.91 Å². The van der Waals surface area contributed by atoms with E-state index in [0.717, 1.165) is 18.4 Å². The van der Waals surface area contributed by atoms with Crippen LogP contribution in [-0.2, 0) is 6.54 Å². The first kappa shape index (κ1) is 21.6. The molecule has 0 unspecified atom stereocenters. The predicted octanol–water partition coefficient (Wildman–Crippen LogP) is 2.67. The monoisotopic (exact) mass is 437 g/mol. The van der Waals surface area contributed by atoms with Gasteiger partial charge in [0, 0.05) is 36.1 Å². The Kier molecular flexibility index (Phi) is 6.53. The summed E-state index contributed by atoms with van der Waals surface area (Å²) in [6.45, 7) is 5.28. The fraction of sp³-hybridized carbons (Fsp3) is 0.391. The van der Waals surface area contributed by atoms with Gasteiger partial charge in [-0.15, -0.1) is 5.10 Å². The molecule has 3 aromatic rings. The molecule has 2 heterocycles. The highest BCUT2D eigenvalue weighted by Gasteiger charge is 2.30. The Labute approximate surface area is 186 Å². The molecule has 1 aliphatic carbocycles. The molecule has 0 spiro atoms. The number of hydrogen-bond donors (Lipinski definition) is 1. The lowest BCUT2D eigenvalue weighted by Crippen LogP contribution is -2.32. The topological polar surface area (TPSA) is 100 Å². The van der Waals surface area contributed by atoms with Gasteiger partial charge >= 0.3 is 5.69 Å². The second-order valence-corrected chi connectivity index (χ2v) is 7.46. The largest absolute Gasteiger partial charge is 0.490 e. The normalized spacial score (nSPS) is 13.1. The van der Waals surface area contributed by atoms with E-state index in [9.17, 15) is 9.59 Å². The van der Waals surface area contributed by atoms with E-state index in [1.807, 2.05) is 26.0 Å². The molecule has 1 N–H and O–H groups in total. The molecule has 9 heteroatoms. The molecule has 0 atom stereocenters. The molecule has 168 valence electrons. The van der Waals surface area contributed by atoms with Gasteiger partial charge in [-0.1, -0.05) is 0 Å². The number of ether oxygens (including phenoxy) is 2. The number of carbonyl (C=O) groups is 1. The third-order valence-corrected chi connectivity index (χ3v) is 5.12. The van der Waals surface area contributed by atoms with Gasteiger partial charge in [-0.05, 0) is 57.0 Å². The fourth-order valence-corrected chi connectivity index (χ4v) is 3.49. The van der Waals surface area contributed by atoms with Crippen LogP contribution in [0, 0.1) is 0 Å².